The lowest BCUT2D eigenvalue weighted by atomic mass is 10.2. The van der Waals surface area contributed by atoms with Crippen molar-refractivity contribution < 1.29 is 13.2 Å². The zero-order chi connectivity index (χ0) is 15.0. The summed E-state index contributed by atoms with van der Waals surface area (Å²) in [4.78, 5) is 3.94. The Hall–Kier alpha value is -2.48. The first-order valence-electron chi connectivity index (χ1n) is 6.35. The molecule has 110 valence electrons. The van der Waals surface area contributed by atoms with Crippen molar-refractivity contribution in [3.63, 3.8) is 0 Å². The molecular weight excluding hydrogens is 280 g/mol. The highest BCUT2D eigenvalue weighted by molar-refractivity contribution is 5.83. The zero-order valence-corrected chi connectivity index (χ0v) is 11.2. The molecule has 0 aliphatic rings. The first-order chi connectivity index (χ1) is 10.1. The summed E-state index contributed by atoms with van der Waals surface area (Å²) in [6.45, 7) is 2.17. The molecule has 0 radical (unpaired) electrons. The van der Waals surface area contributed by atoms with Crippen LogP contribution in [0.25, 0.3) is 16.8 Å². The van der Waals surface area contributed by atoms with Gasteiger partial charge in [-0.15, -0.1) is 0 Å². The number of hydrogen-bond donors (Lipinski definition) is 2. The standard InChI is InChI=1S/C13H13F2N5O/c1-7(6-16)18-13-19-11-10(15)8(14)5-9(12(11)21-13)20-4-2-3-17-20/h2-5,7H,6,16H2,1H3,(H,18,19)/t7-/m0/s1. The van der Waals surface area contributed by atoms with Crippen LogP contribution in [0.3, 0.4) is 0 Å². The van der Waals surface area contributed by atoms with Crippen LogP contribution in [-0.4, -0.2) is 27.4 Å². The van der Waals surface area contributed by atoms with Gasteiger partial charge in [-0.1, -0.05) is 0 Å². The van der Waals surface area contributed by atoms with Crippen LogP contribution >= 0.6 is 0 Å². The number of nitrogens with two attached hydrogens (primary N) is 1. The van der Waals surface area contributed by atoms with Gasteiger partial charge in [0.1, 0.15) is 5.69 Å². The van der Waals surface area contributed by atoms with E-state index in [-0.39, 0.29) is 28.8 Å². The summed E-state index contributed by atoms with van der Waals surface area (Å²) in [6.07, 6.45) is 3.13. The molecular formula is C13H13F2N5O. The van der Waals surface area contributed by atoms with Gasteiger partial charge in [-0.2, -0.15) is 10.1 Å². The van der Waals surface area contributed by atoms with Crippen LogP contribution in [0.1, 0.15) is 6.92 Å². The number of hydrogen-bond acceptors (Lipinski definition) is 5. The fourth-order valence-electron chi connectivity index (χ4n) is 1.92. The molecule has 8 heteroatoms. The molecule has 0 unspecified atom stereocenters. The van der Waals surface area contributed by atoms with Gasteiger partial charge >= 0.3 is 0 Å². The molecule has 2 aromatic heterocycles. The van der Waals surface area contributed by atoms with Gasteiger partial charge in [0.25, 0.3) is 6.01 Å². The number of nitrogens with one attached hydrogen (secondary N) is 1. The van der Waals surface area contributed by atoms with Crippen LogP contribution in [0.2, 0.25) is 0 Å². The summed E-state index contributed by atoms with van der Waals surface area (Å²) in [5.74, 6) is -2.07. The summed E-state index contributed by atoms with van der Waals surface area (Å²) in [5.41, 5.74) is 5.70. The molecule has 21 heavy (non-hydrogen) atoms. The number of rotatable bonds is 4. The van der Waals surface area contributed by atoms with Crippen LogP contribution in [0.15, 0.2) is 28.9 Å². The third-order valence-electron chi connectivity index (χ3n) is 3.02. The Morgan fingerprint density at radius 1 is 1.48 bits per heavy atom. The molecule has 0 saturated carbocycles. The van der Waals surface area contributed by atoms with Crippen molar-refractivity contribution in [2.75, 3.05) is 11.9 Å². The summed E-state index contributed by atoms with van der Waals surface area (Å²) in [7, 11) is 0. The van der Waals surface area contributed by atoms with Crippen molar-refractivity contribution in [3.8, 4) is 5.69 Å². The fraction of sp³-hybridized carbons (Fsp3) is 0.231. The van der Waals surface area contributed by atoms with E-state index in [1.165, 1.54) is 10.9 Å². The molecule has 0 aliphatic heterocycles. The van der Waals surface area contributed by atoms with Gasteiger partial charge in [0.05, 0.1) is 0 Å². The Morgan fingerprint density at radius 3 is 2.95 bits per heavy atom. The Labute approximate surface area is 118 Å². The second-order valence-electron chi connectivity index (χ2n) is 4.62. The lowest BCUT2D eigenvalue weighted by molar-refractivity contribution is 0.513. The van der Waals surface area contributed by atoms with Crippen LogP contribution < -0.4 is 11.1 Å². The number of aromatic nitrogens is 3. The molecule has 0 amide bonds. The van der Waals surface area contributed by atoms with Crippen molar-refractivity contribution in [2.24, 2.45) is 5.73 Å². The quantitative estimate of drug-likeness (QED) is 0.769. The van der Waals surface area contributed by atoms with Gasteiger partial charge in [-0.25, -0.2) is 13.5 Å². The minimum absolute atomic E-state index is 0.0841. The van der Waals surface area contributed by atoms with E-state index in [0.29, 0.717) is 6.54 Å². The molecule has 1 aromatic carbocycles. The predicted octanol–water partition coefficient (Wildman–Crippen LogP) is 2.05. The second kappa shape index (κ2) is 5.13. The van der Waals surface area contributed by atoms with Gasteiger partial charge in [0.15, 0.2) is 22.7 Å². The van der Waals surface area contributed by atoms with E-state index in [9.17, 15) is 8.78 Å². The average molecular weight is 293 g/mol. The van der Waals surface area contributed by atoms with Crippen molar-refractivity contribution >= 4 is 17.1 Å². The van der Waals surface area contributed by atoms with Gasteiger partial charge in [0, 0.05) is 31.0 Å². The Kier molecular flexibility index (Phi) is 3.30. The highest BCUT2D eigenvalue weighted by Crippen LogP contribution is 2.29. The van der Waals surface area contributed by atoms with Crippen molar-refractivity contribution in [1.29, 1.82) is 0 Å². The van der Waals surface area contributed by atoms with E-state index >= 15 is 0 Å². The molecule has 3 rings (SSSR count). The number of halogens is 2. The lowest BCUT2D eigenvalue weighted by Gasteiger charge is -2.07. The fourth-order valence-corrected chi connectivity index (χ4v) is 1.92. The highest BCUT2D eigenvalue weighted by atomic mass is 19.2. The molecule has 1 atom stereocenters. The monoisotopic (exact) mass is 293 g/mol. The van der Waals surface area contributed by atoms with Crippen LogP contribution in [0, 0.1) is 11.6 Å². The third-order valence-corrected chi connectivity index (χ3v) is 3.02. The summed E-state index contributed by atoms with van der Waals surface area (Å²) in [5, 5.41) is 6.87. The molecule has 0 fully saturated rings. The summed E-state index contributed by atoms with van der Waals surface area (Å²) < 4.78 is 34.4. The lowest BCUT2D eigenvalue weighted by Crippen LogP contribution is -2.25. The Bertz CT molecular complexity index is 769. The van der Waals surface area contributed by atoms with E-state index in [4.69, 9.17) is 10.2 Å². The van der Waals surface area contributed by atoms with Crippen molar-refractivity contribution in [1.82, 2.24) is 14.8 Å². The molecule has 2 heterocycles. The van der Waals surface area contributed by atoms with E-state index in [0.717, 1.165) is 6.07 Å². The molecule has 0 spiro atoms. The zero-order valence-electron chi connectivity index (χ0n) is 11.2. The Morgan fingerprint density at radius 2 is 2.29 bits per heavy atom. The predicted molar refractivity (Wildman–Crippen MR) is 73.2 cm³/mol. The van der Waals surface area contributed by atoms with Crippen molar-refractivity contribution in [2.45, 2.75) is 13.0 Å². The number of fused-ring (bicyclic) bond motifs is 1. The van der Waals surface area contributed by atoms with Gasteiger partial charge in [-0.3, -0.25) is 0 Å². The van der Waals surface area contributed by atoms with E-state index in [1.54, 1.807) is 12.3 Å². The maximum Gasteiger partial charge on any atom is 0.296 e. The largest absolute Gasteiger partial charge is 0.421 e. The van der Waals surface area contributed by atoms with Gasteiger partial charge in [0.2, 0.25) is 0 Å². The van der Waals surface area contributed by atoms with Crippen LogP contribution in [0.4, 0.5) is 14.8 Å². The van der Waals surface area contributed by atoms with E-state index in [1.807, 2.05) is 6.92 Å². The number of benzene rings is 1. The minimum Gasteiger partial charge on any atom is -0.421 e. The van der Waals surface area contributed by atoms with E-state index in [2.05, 4.69) is 15.4 Å². The Balaban J connectivity index is 2.18. The normalized spacial score (nSPS) is 12.8. The topological polar surface area (TPSA) is 81.9 Å². The van der Waals surface area contributed by atoms with Crippen LogP contribution in [-0.2, 0) is 0 Å². The average Bonchev–Trinajstić information content (AvgIpc) is 3.12. The van der Waals surface area contributed by atoms with E-state index < -0.39 is 11.6 Å². The highest BCUT2D eigenvalue weighted by Gasteiger charge is 2.20. The van der Waals surface area contributed by atoms with Crippen molar-refractivity contribution in [3.05, 3.63) is 36.2 Å². The SMILES string of the molecule is C[C@@H](CN)Nc1nc2c(F)c(F)cc(-n3cccn3)c2o1. The maximum absolute atomic E-state index is 13.9. The third kappa shape index (κ3) is 2.33. The molecule has 6 nitrogen and oxygen atoms in total. The van der Waals surface area contributed by atoms with Gasteiger partial charge < -0.3 is 15.5 Å². The number of oxazole rings is 1. The molecule has 3 N–H and O–H groups in total. The minimum atomic E-state index is -1.06. The molecule has 3 aromatic rings. The molecule has 0 saturated heterocycles. The van der Waals surface area contributed by atoms with Gasteiger partial charge in [-0.05, 0) is 13.0 Å². The molecule has 0 aliphatic carbocycles. The summed E-state index contributed by atoms with van der Waals surface area (Å²) in [6, 6.07) is 2.66. The number of anilines is 1. The second-order valence-corrected chi connectivity index (χ2v) is 4.62. The smallest absolute Gasteiger partial charge is 0.296 e. The number of nitrogens with zero attached hydrogens (tertiary/aromatic N) is 3. The maximum atomic E-state index is 13.9. The van der Waals surface area contributed by atoms with Crippen LogP contribution in [0.5, 0.6) is 0 Å². The summed E-state index contributed by atoms with van der Waals surface area (Å²) >= 11 is 0. The first-order valence-corrected chi connectivity index (χ1v) is 6.35. The first kappa shape index (κ1) is 13.5. The molecule has 0 bridgehead atoms.